The van der Waals surface area contributed by atoms with Crippen LogP contribution in [0.2, 0.25) is 0 Å². The zero-order valence-electron chi connectivity index (χ0n) is 15.6. The fraction of sp³-hybridized carbons (Fsp3) is 0.800. The minimum atomic E-state index is 0.0359. The van der Waals surface area contributed by atoms with Gasteiger partial charge in [0, 0.05) is 37.9 Å². The number of aromatic nitrogens is 2. The second-order valence-electron chi connectivity index (χ2n) is 8.25. The molecule has 1 aromatic heterocycles. The number of imidazole rings is 1. The number of carbonyl (C=O) groups excluding carboxylic acids is 1. The predicted molar refractivity (Wildman–Crippen MR) is 98.4 cm³/mol. The first-order chi connectivity index (χ1) is 12.2. The third-order valence-corrected chi connectivity index (χ3v) is 6.64. The summed E-state index contributed by atoms with van der Waals surface area (Å²) in [6.45, 7) is 7.19. The van der Waals surface area contributed by atoms with Crippen LogP contribution >= 0.6 is 0 Å². The van der Waals surface area contributed by atoms with Crippen molar-refractivity contribution < 1.29 is 4.79 Å². The molecule has 1 atom stereocenters. The summed E-state index contributed by atoms with van der Waals surface area (Å²) in [6.07, 6.45) is 12.9. The second kappa shape index (κ2) is 7.48. The molecule has 1 aromatic rings. The number of hydrogen-bond donors (Lipinski definition) is 0. The van der Waals surface area contributed by atoms with Crippen molar-refractivity contribution in [3.05, 3.63) is 18.2 Å². The van der Waals surface area contributed by atoms with Gasteiger partial charge in [0.25, 0.3) is 0 Å². The quantitative estimate of drug-likeness (QED) is 0.825. The van der Waals surface area contributed by atoms with Crippen molar-refractivity contribution in [1.29, 1.82) is 0 Å². The van der Waals surface area contributed by atoms with E-state index < -0.39 is 0 Å². The Kier molecular flexibility index (Phi) is 5.11. The molecule has 138 valence electrons. The van der Waals surface area contributed by atoms with Gasteiger partial charge in [-0.3, -0.25) is 9.69 Å². The van der Waals surface area contributed by atoms with Crippen LogP contribution in [-0.4, -0.2) is 57.5 Å². The number of rotatable bonds is 5. The van der Waals surface area contributed by atoms with Crippen LogP contribution < -0.4 is 0 Å². The molecule has 0 bridgehead atoms. The molecule has 0 unspecified atom stereocenters. The van der Waals surface area contributed by atoms with E-state index in [1.807, 2.05) is 6.20 Å². The van der Waals surface area contributed by atoms with Gasteiger partial charge < -0.3 is 9.47 Å². The Morgan fingerprint density at radius 3 is 2.48 bits per heavy atom. The van der Waals surface area contributed by atoms with E-state index in [1.165, 1.54) is 37.9 Å². The van der Waals surface area contributed by atoms with Crippen LogP contribution in [0.3, 0.4) is 0 Å². The molecule has 25 heavy (non-hydrogen) atoms. The van der Waals surface area contributed by atoms with Crippen molar-refractivity contribution in [1.82, 2.24) is 19.4 Å². The Morgan fingerprint density at radius 1 is 1.12 bits per heavy atom. The Labute approximate surface area is 151 Å². The summed E-state index contributed by atoms with van der Waals surface area (Å²) < 4.78 is 2.41. The van der Waals surface area contributed by atoms with Gasteiger partial charge in [-0.25, -0.2) is 4.98 Å². The maximum Gasteiger partial charge on any atom is 0.239 e. The van der Waals surface area contributed by atoms with Gasteiger partial charge in [-0.1, -0.05) is 6.42 Å². The summed E-state index contributed by atoms with van der Waals surface area (Å²) in [5.74, 6) is 3.04. The van der Waals surface area contributed by atoms with Crippen molar-refractivity contribution in [3.63, 3.8) is 0 Å². The van der Waals surface area contributed by atoms with E-state index in [4.69, 9.17) is 0 Å². The van der Waals surface area contributed by atoms with E-state index in [-0.39, 0.29) is 6.04 Å². The fourth-order valence-electron chi connectivity index (χ4n) is 4.69. The minimum absolute atomic E-state index is 0.0359. The molecular formula is C20H32N4O. The van der Waals surface area contributed by atoms with Crippen LogP contribution in [0.1, 0.15) is 63.6 Å². The van der Waals surface area contributed by atoms with Gasteiger partial charge in [0.05, 0.1) is 6.04 Å². The molecule has 0 radical (unpaired) electrons. The fourth-order valence-corrected chi connectivity index (χ4v) is 4.69. The van der Waals surface area contributed by atoms with Crippen molar-refractivity contribution >= 4 is 5.91 Å². The molecule has 3 heterocycles. The maximum absolute atomic E-state index is 12.6. The van der Waals surface area contributed by atoms with Gasteiger partial charge >= 0.3 is 0 Å². The molecule has 2 aliphatic heterocycles. The first kappa shape index (κ1) is 17.1. The highest BCUT2D eigenvalue weighted by Crippen LogP contribution is 2.32. The molecule has 3 aliphatic rings. The highest BCUT2D eigenvalue weighted by atomic mass is 16.2. The van der Waals surface area contributed by atoms with Crippen LogP contribution in [0.15, 0.2) is 12.4 Å². The van der Waals surface area contributed by atoms with Crippen molar-refractivity contribution in [2.45, 2.75) is 70.4 Å². The van der Waals surface area contributed by atoms with Crippen molar-refractivity contribution in [2.75, 3.05) is 26.2 Å². The molecular weight excluding hydrogens is 312 g/mol. The lowest BCUT2D eigenvalue weighted by Gasteiger charge is -2.37. The van der Waals surface area contributed by atoms with Gasteiger partial charge in [-0.05, 0) is 64.5 Å². The number of carbonyl (C=O) groups is 1. The molecule has 5 nitrogen and oxygen atoms in total. The summed E-state index contributed by atoms with van der Waals surface area (Å²) >= 11 is 0. The summed E-state index contributed by atoms with van der Waals surface area (Å²) in [4.78, 5) is 21.8. The Bertz CT molecular complexity index is 580. The molecule has 1 amide bonds. The zero-order chi connectivity index (χ0) is 17.2. The van der Waals surface area contributed by atoms with E-state index >= 15 is 0 Å². The standard InChI is InChI=1S/C20H32N4O/c1-16(20(25)23-10-2-3-11-23)22-12-7-18(8-13-22)19-21-9-14-24(19)15-17-5-4-6-17/h9,14,16-18H,2-8,10-13,15H2,1H3/t16-/m0/s1. The van der Waals surface area contributed by atoms with Crippen LogP contribution in [0.4, 0.5) is 0 Å². The van der Waals surface area contributed by atoms with Gasteiger partial charge in [0.2, 0.25) is 5.91 Å². The van der Waals surface area contributed by atoms with Gasteiger partial charge in [-0.2, -0.15) is 0 Å². The summed E-state index contributed by atoms with van der Waals surface area (Å²) in [7, 11) is 0. The van der Waals surface area contributed by atoms with E-state index in [0.29, 0.717) is 11.8 Å². The lowest BCUT2D eigenvalue weighted by atomic mass is 9.85. The highest BCUT2D eigenvalue weighted by molar-refractivity contribution is 5.81. The van der Waals surface area contributed by atoms with E-state index in [0.717, 1.165) is 51.5 Å². The Morgan fingerprint density at radius 2 is 1.84 bits per heavy atom. The van der Waals surface area contributed by atoms with Crippen molar-refractivity contribution in [2.24, 2.45) is 5.92 Å². The SMILES string of the molecule is C[C@@H](C(=O)N1CCCC1)N1CCC(c2nccn2CC2CCC2)CC1. The maximum atomic E-state index is 12.6. The molecule has 4 rings (SSSR count). The molecule has 5 heteroatoms. The van der Waals surface area contributed by atoms with Gasteiger partial charge in [-0.15, -0.1) is 0 Å². The van der Waals surface area contributed by atoms with E-state index in [2.05, 4.69) is 32.5 Å². The topological polar surface area (TPSA) is 41.4 Å². The molecule has 3 fully saturated rings. The van der Waals surface area contributed by atoms with Crippen LogP contribution in [0.25, 0.3) is 0 Å². The normalized spacial score (nSPS) is 24.4. The number of amides is 1. The minimum Gasteiger partial charge on any atom is -0.341 e. The van der Waals surface area contributed by atoms with Gasteiger partial charge in [0.15, 0.2) is 0 Å². The molecule has 1 aliphatic carbocycles. The first-order valence-corrected chi connectivity index (χ1v) is 10.3. The number of nitrogens with zero attached hydrogens (tertiary/aromatic N) is 4. The molecule has 2 saturated heterocycles. The first-order valence-electron chi connectivity index (χ1n) is 10.3. The molecule has 0 spiro atoms. The third kappa shape index (κ3) is 3.62. The van der Waals surface area contributed by atoms with E-state index in [9.17, 15) is 4.79 Å². The Hall–Kier alpha value is -1.36. The second-order valence-corrected chi connectivity index (χ2v) is 8.25. The average Bonchev–Trinajstić information content (AvgIpc) is 3.28. The predicted octanol–water partition coefficient (Wildman–Crippen LogP) is 2.87. The monoisotopic (exact) mass is 344 g/mol. The molecule has 0 aromatic carbocycles. The average molecular weight is 345 g/mol. The van der Waals surface area contributed by atoms with Gasteiger partial charge in [0.1, 0.15) is 5.82 Å². The smallest absolute Gasteiger partial charge is 0.239 e. The largest absolute Gasteiger partial charge is 0.341 e. The van der Waals surface area contributed by atoms with Crippen molar-refractivity contribution in [3.8, 4) is 0 Å². The number of hydrogen-bond acceptors (Lipinski definition) is 3. The van der Waals surface area contributed by atoms with Crippen LogP contribution in [0, 0.1) is 5.92 Å². The molecule has 1 saturated carbocycles. The summed E-state index contributed by atoms with van der Waals surface area (Å²) in [5.41, 5.74) is 0. The third-order valence-electron chi connectivity index (χ3n) is 6.64. The van der Waals surface area contributed by atoms with E-state index in [1.54, 1.807) is 0 Å². The number of likely N-dealkylation sites (tertiary alicyclic amines) is 2. The number of piperidine rings is 1. The zero-order valence-corrected chi connectivity index (χ0v) is 15.6. The lowest BCUT2D eigenvalue weighted by molar-refractivity contribution is -0.135. The molecule has 0 N–H and O–H groups in total. The van der Waals surface area contributed by atoms with Crippen LogP contribution in [0.5, 0.6) is 0 Å². The summed E-state index contributed by atoms with van der Waals surface area (Å²) in [6, 6.07) is 0.0359. The lowest BCUT2D eigenvalue weighted by Crippen LogP contribution is -2.49. The summed E-state index contributed by atoms with van der Waals surface area (Å²) in [5, 5.41) is 0. The Balaban J connectivity index is 1.32. The van der Waals surface area contributed by atoms with Crippen LogP contribution in [-0.2, 0) is 11.3 Å². The highest BCUT2D eigenvalue weighted by Gasteiger charge is 2.32.